The maximum Gasteiger partial charge on any atom is 0.255 e. The third kappa shape index (κ3) is 2.69. The number of fused-ring (bicyclic) bond motifs is 1. The van der Waals surface area contributed by atoms with Gasteiger partial charge in [-0.1, -0.05) is 53.5 Å². The van der Waals surface area contributed by atoms with Crippen LogP contribution in [0, 0.1) is 0 Å². The molecule has 3 aromatic rings. The summed E-state index contributed by atoms with van der Waals surface area (Å²) < 4.78 is 1.49. The van der Waals surface area contributed by atoms with E-state index in [1.165, 1.54) is 10.1 Å². The molecule has 2 heterocycles. The summed E-state index contributed by atoms with van der Waals surface area (Å²) >= 11 is 11.9. The lowest BCUT2D eigenvalue weighted by Crippen LogP contribution is -1.95. The third-order valence-electron chi connectivity index (χ3n) is 2.76. The average molecular weight is 293 g/mol. The van der Waals surface area contributed by atoms with Gasteiger partial charge in [0, 0.05) is 12.5 Å². The zero-order valence-corrected chi connectivity index (χ0v) is 11.4. The van der Waals surface area contributed by atoms with Crippen molar-refractivity contribution in [1.29, 1.82) is 0 Å². The molecule has 0 amide bonds. The summed E-state index contributed by atoms with van der Waals surface area (Å²) in [5.74, 6) is 1.14. The molecule has 0 unspecified atom stereocenters. The van der Waals surface area contributed by atoms with Gasteiger partial charge in [0.15, 0.2) is 5.82 Å². The van der Waals surface area contributed by atoms with E-state index in [0.717, 1.165) is 12.8 Å². The highest BCUT2D eigenvalue weighted by Gasteiger charge is 2.09. The lowest BCUT2D eigenvalue weighted by molar-refractivity contribution is 0.835. The molecule has 4 nitrogen and oxygen atoms in total. The highest BCUT2D eigenvalue weighted by Crippen LogP contribution is 2.15. The Hall–Kier alpha value is -1.65. The van der Waals surface area contributed by atoms with Crippen molar-refractivity contribution in [3.8, 4) is 0 Å². The summed E-state index contributed by atoms with van der Waals surface area (Å²) in [5, 5.41) is 5.05. The van der Waals surface area contributed by atoms with Crippen LogP contribution in [-0.2, 0) is 12.8 Å². The second-order valence-corrected chi connectivity index (χ2v) is 4.90. The van der Waals surface area contributed by atoms with Gasteiger partial charge < -0.3 is 0 Å². The maximum atomic E-state index is 6.03. The van der Waals surface area contributed by atoms with Crippen LogP contribution in [0.1, 0.15) is 11.4 Å². The maximum absolute atomic E-state index is 6.03. The van der Waals surface area contributed by atoms with Gasteiger partial charge in [-0.3, -0.25) is 0 Å². The Morgan fingerprint density at radius 1 is 1.00 bits per heavy atom. The van der Waals surface area contributed by atoms with Crippen molar-refractivity contribution < 1.29 is 0 Å². The van der Waals surface area contributed by atoms with Gasteiger partial charge in [-0.25, -0.2) is 0 Å². The van der Waals surface area contributed by atoms with Gasteiger partial charge in [0.25, 0.3) is 5.78 Å². The second-order valence-electron chi connectivity index (χ2n) is 4.13. The summed E-state index contributed by atoms with van der Waals surface area (Å²) in [6, 6.07) is 11.7. The average Bonchev–Trinajstić information content (AvgIpc) is 2.81. The van der Waals surface area contributed by atoms with Gasteiger partial charge in [-0.05, 0) is 12.0 Å². The molecule has 0 atom stereocenters. The summed E-state index contributed by atoms with van der Waals surface area (Å²) in [5.41, 5.74) is 1.25. The SMILES string of the molecule is Clc1cc(Cl)n2nc(CCc3ccccc3)nc2n1. The van der Waals surface area contributed by atoms with Gasteiger partial charge in [-0.15, -0.1) is 5.10 Å². The van der Waals surface area contributed by atoms with Crippen molar-refractivity contribution in [2.24, 2.45) is 0 Å². The Labute approximate surface area is 120 Å². The topological polar surface area (TPSA) is 43.1 Å². The van der Waals surface area contributed by atoms with Crippen molar-refractivity contribution in [1.82, 2.24) is 19.6 Å². The van der Waals surface area contributed by atoms with Crippen LogP contribution < -0.4 is 0 Å². The molecule has 0 saturated carbocycles. The molecule has 19 heavy (non-hydrogen) atoms. The van der Waals surface area contributed by atoms with Crippen LogP contribution in [0.2, 0.25) is 10.3 Å². The molecule has 6 heteroatoms. The number of halogens is 2. The van der Waals surface area contributed by atoms with E-state index in [4.69, 9.17) is 23.2 Å². The van der Waals surface area contributed by atoms with Crippen LogP contribution in [0.25, 0.3) is 5.78 Å². The Morgan fingerprint density at radius 3 is 2.58 bits per heavy atom. The molecule has 0 aliphatic carbocycles. The molecular formula is C13H10Cl2N4. The Balaban J connectivity index is 1.84. The second kappa shape index (κ2) is 5.15. The number of hydrogen-bond acceptors (Lipinski definition) is 3. The smallest absolute Gasteiger partial charge is 0.199 e. The number of nitrogens with zero attached hydrogens (tertiary/aromatic N) is 4. The lowest BCUT2D eigenvalue weighted by Gasteiger charge is -1.96. The van der Waals surface area contributed by atoms with E-state index in [0.29, 0.717) is 21.9 Å². The van der Waals surface area contributed by atoms with Crippen LogP contribution in [0.15, 0.2) is 36.4 Å². The molecule has 0 bridgehead atoms. The monoisotopic (exact) mass is 292 g/mol. The van der Waals surface area contributed by atoms with Crippen molar-refractivity contribution in [2.75, 3.05) is 0 Å². The Kier molecular flexibility index (Phi) is 3.36. The highest BCUT2D eigenvalue weighted by atomic mass is 35.5. The first-order valence-corrected chi connectivity index (χ1v) is 6.59. The first kappa shape index (κ1) is 12.4. The fourth-order valence-corrected chi connectivity index (χ4v) is 2.31. The van der Waals surface area contributed by atoms with Gasteiger partial charge >= 0.3 is 0 Å². The number of benzene rings is 1. The van der Waals surface area contributed by atoms with Crippen molar-refractivity contribution in [3.63, 3.8) is 0 Å². The van der Waals surface area contributed by atoms with Crippen LogP contribution in [-0.4, -0.2) is 19.6 Å². The number of aryl methyl sites for hydroxylation is 2. The predicted molar refractivity (Wildman–Crippen MR) is 74.7 cm³/mol. The number of hydrogen-bond donors (Lipinski definition) is 0. The van der Waals surface area contributed by atoms with E-state index in [9.17, 15) is 0 Å². The quantitative estimate of drug-likeness (QED) is 0.696. The van der Waals surface area contributed by atoms with Gasteiger partial charge in [0.05, 0.1) is 0 Å². The molecule has 0 saturated heterocycles. The fraction of sp³-hybridized carbons (Fsp3) is 0.154. The summed E-state index contributed by atoms with van der Waals surface area (Å²) in [6.07, 6.45) is 1.62. The van der Waals surface area contributed by atoms with Crippen LogP contribution in [0.4, 0.5) is 0 Å². The van der Waals surface area contributed by atoms with E-state index in [-0.39, 0.29) is 0 Å². The van der Waals surface area contributed by atoms with Gasteiger partial charge in [-0.2, -0.15) is 14.5 Å². The third-order valence-corrected chi connectivity index (χ3v) is 3.22. The lowest BCUT2D eigenvalue weighted by atomic mass is 10.1. The zero-order chi connectivity index (χ0) is 13.2. The zero-order valence-electron chi connectivity index (χ0n) is 9.92. The van der Waals surface area contributed by atoms with Crippen molar-refractivity contribution in [3.05, 3.63) is 58.1 Å². The summed E-state index contributed by atoms with van der Waals surface area (Å²) in [7, 11) is 0. The molecule has 1 aromatic carbocycles. The van der Waals surface area contributed by atoms with Crippen molar-refractivity contribution >= 4 is 29.0 Å². The van der Waals surface area contributed by atoms with Gasteiger partial charge in [0.1, 0.15) is 10.3 Å². The first-order valence-electron chi connectivity index (χ1n) is 5.84. The normalized spacial score (nSPS) is 11.1. The standard InChI is InChI=1S/C13H10Cl2N4/c14-10-8-11(15)19-13(16-10)17-12(18-19)7-6-9-4-2-1-3-5-9/h1-5,8H,6-7H2. The fourth-order valence-electron chi connectivity index (χ4n) is 1.85. The van der Waals surface area contributed by atoms with Crippen LogP contribution in [0.5, 0.6) is 0 Å². The van der Waals surface area contributed by atoms with E-state index < -0.39 is 0 Å². The molecule has 2 aromatic heterocycles. The first-order chi connectivity index (χ1) is 9.22. The highest BCUT2D eigenvalue weighted by molar-refractivity contribution is 6.33. The molecule has 0 radical (unpaired) electrons. The molecule has 96 valence electrons. The van der Waals surface area contributed by atoms with E-state index >= 15 is 0 Å². The van der Waals surface area contributed by atoms with E-state index in [2.05, 4.69) is 27.2 Å². The summed E-state index contributed by atoms with van der Waals surface area (Å²) in [4.78, 5) is 8.40. The van der Waals surface area contributed by atoms with E-state index in [1.54, 1.807) is 6.07 Å². The molecular weight excluding hydrogens is 283 g/mol. The van der Waals surface area contributed by atoms with Gasteiger partial charge in [0.2, 0.25) is 0 Å². The molecule has 0 aliphatic heterocycles. The minimum atomic E-state index is 0.319. The minimum absolute atomic E-state index is 0.319. The Morgan fingerprint density at radius 2 is 1.79 bits per heavy atom. The Bertz CT molecular complexity index is 709. The summed E-state index contributed by atoms with van der Waals surface area (Å²) in [6.45, 7) is 0. The number of rotatable bonds is 3. The predicted octanol–water partition coefficient (Wildman–Crippen LogP) is 3.22. The molecule has 3 rings (SSSR count). The van der Waals surface area contributed by atoms with E-state index in [1.807, 2.05) is 18.2 Å². The molecule has 0 aliphatic rings. The number of aromatic nitrogens is 4. The van der Waals surface area contributed by atoms with Crippen molar-refractivity contribution in [2.45, 2.75) is 12.8 Å². The largest absolute Gasteiger partial charge is 0.255 e. The molecule has 0 fully saturated rings. The molecule has 0 N–H and O–H groups in total. The van der Waals surface area contributed by atoms with Crippen LogP contribution >= 0.6 is 23.2 Å². The van der Waals surface area contributed by atoms with Crippen LogP contribution in [0.3, 0.4) is 0 Å². The molecule has 0 spiro atoms. The minimum Gasteiger partial charge on any atom is -0.199 e.